The normalized spacial score (nSPS) is 12.8. The summed E-state index contributed by atoms with van der Waals surface area (Å²) in [6.45, 7) is 6.36. The van der Waals surface area contributed by atoms with Crippen molar-refractivity contribution in [1.82, 2.24) is 0 Å². The maximum atomic E-state index is 12.7. The summed E-state index contributed by atoms with van der Waals surface area (Å²) in [5.74, 6) is -0.963. The van der Waals surface area contributed by atoms with Crippen molar-refractivity contribution in [3.8, 4) is 0 Å². The molecule has 0 saturated carbocycles. The summed E-state index contributed by atoms with van der Waals surface area (Å²) in [5, 5.41) is 0. The minimum atomic E-state index is -0.794. The quantitative estimate of drug-likeness (QED) is 0.0266. The Kier molecular flexibility index (Phi) is 42.6. The van der Waals surface area contributed by atoms with Gasteiger partial charge in [-0.05, 0) is 89.9 Å². The molecule has 0 N–H and O–H groups in total. The molecule has 1 unspecified atom stereocenters. The molecule has 0 aromatic rings. The summed E-state index contributed by atoms with van der Waals surface area (Å²) < 4.78 is 16.6. The highest BCUT2D eigenvalue weighted by Gasteiger charge is 2.19. The second-order valence-electron chi connectivity index (χ2n) is 14.9. The Morgan fingerprint density at radius 1 is 0.368 bits per heavy atom. The van der Waals surface area contributed by atoms with Crippen LogP contribution < -0.4 is 0 Å². The van der Waals surface area contributed by atoms with Gasteiger partial charge in [0, 0.05) is 19.3 Å². The molecule has 57 heavy (non-hydrogen) atoms. The predicted octanol–water partition coefficient (Wildman–Crippen LogP) is 14.9. The van der Waals surface area contributed by atoms with Crippen molar-refractivity contribution in [3.05, 3.63) is 85.1 Å². The number of hydrogen-bond acceptors (Lipinski definition) is 6. The van der Waals surface area contributed by atoms with Gasteiger partial charge in [0.25, 0.3) is 0 Å². The molecule has 0 aliphatic carbocycles. The molecule has 6 heteroatoms. The first-order chi connectivity index (χ1) is 28.0. The number of unbranched alkanes of at least 4 members (excludes halogenated alkanes) is 15. The van der Waals surface area contributed by atoms with Gasteiger partial charge in [-0.1, -0.05) is 176 Å². The first-order valence-electron chi connectivity index (χ1n) is 23.1. The van der Waals surface area contributed by atoms with E-state index < -0.39 is 6.10 Å². The van der Waals surface area contributed by atoms with Crippen molar-refractivity contribution >= 4 is 17.9 Å². The van der Waals surface area contributed by atoms with Crippen LogP contribution in [0, 0.1) is 0 Å². The van der Waals surface area contributed by atoms with E-state index in [2.05, 4.69) is 106 Å². The lowest BCUT2D eigenvalue weighted by atomic mass is 10.1. The van der Waals surface area contributed by atoms with E-state index in [4.69, 9.17) is 14.2 Å². The van der Waals surface area contributed by atoms with E-state index in [-0.39, 0.29) is 31.1 Å². The van der Waals surface area contributed by atoms with Gasteiger partial charge in [0.1, 0.15) is 13.2 Å². The molecule has 0 aromatic heterocycles. The third kappa shape index (κ3) is 43.6. The average molecular weight is 793 g/mol. The molecule has 0 heterocycles. The molecule has 324 valence electrons. The highest BCUT2D eigenvalue weighted by Crippen LogP contribution is 2.12. The summed E-state index contributed by atoms with van der Waals surface area (Å²) in [7, 11) is 0. The van der Waals surface area contributed by atoms with Gasteiger partial charge in [0.2, 0.25) is 0 Å². The fourth-order valence-electron chi connectivity index (χ4n) is 5.92. The number of carbonyl (C=O) groups is 3. The second kappa shape index (κ2) is 45.3. The zero-order valence-corrected chi connectivity index (χ0v) is 36.8. The second-order valence-corrected chi connectivity index (χ2v) is 14.9. The fraction of sp³-hybridized carbons (Fsp3) is 0.667. The molecule has 0 aromatic carbocycles. The Balaban J connectivity index is 4.37. The van der Waals surface area contributed by atoms with Crippen LogP contribution >= 0.6 is 0 Å². The maximum absolute atomic E-state index is 12.7. The van der Waals surface area contributed by atoms with Crippen LogP contribution in [0.5, 0.6) is 0 Å². The molecule has 0 aliphatic heterocycles. The fourth-order valence-corrected chi connectivity index (χ4v) is 5.92. The van der Waals surface area contributed by atoms with Crippen LogP contribution in [0.2, 0.25) is 0 Å². The van der Waals surface area contributed by atoms with Crippen LogP contribution in [0.3, 0.4) is 0 Å². The lowest BCUT2D eigenvalue weighted by Gasteiger charge is -2.18. The van der Waals surface area contributed by atoms with Crippen LogP contribution in [-0.2, 0) is 28.6 Å². The highest BCUT2D eigenvalue weighted by atomic mass is 16.6. The van der Waals surface area contributed by atoms with Crippen molar-refractivity contribution < 1.29 is 28.6 Å². The van der Waals surface area contributed by atoms with Crippen molar-refractivity contribution in [1.29, 1.82) is 0 Å². The molecular formula is C51H84O6. The van der Waals surface area contributed by atoms with E-state index in [0.29, 0.717) is 19.3 Å². The molecule has 0 fully saturated rings. The van der Waals surface area contributed by atoms with Crippen LogP contribution in [0.4, 0.5) is 0 Å². The van der Waals surface area contributed by atoms with Crippen LogP contribution in [0.25, 0.3) is 0 Å². The lowest BCUT2D eigenvalue weighted by Crippen LogP contribution is -2.30. The van der Waals surface area contributed by atoms with Gasteiger partial charge in [-0.3, -0.25) is 14.4 Å². The van der Waals surface area contributed by atoms with E-state index in [1.165, 1.54) is 44.9 Å². The number of rotatable bonds is 40. The Hall–Kier alpha value is -3.41. The van der Waals surface area contributed by atoms with Gasteiger partial charge in [0.15, 0.2) is 6.10 Å². The minimum absolute atomic E-state index is 0.0941. The Labute approximate surface area is 350 Å². The minimum Gasteiger partial charge on any atom is -0.462 e. The molecule has 0 aliphatic rings. The number of ether oxygens (including phenoxy) is 3. The summed E-state index contributed by atoms with van der Waals surface area (Å²) >= 11 is 0. The summed E-state index contributed by atoms with van der Waals surface area (Å²) in [6, 6.07) is 0. The molecule has 1 atom stereocenters. The highest BCUT2D eigenvalue weighted by molar-refractivity contribution is 5.71. The van der Waals surface area contributed by atoms with E-state index >= 15 is 0 Å². The maximum Gasteiger partial charge on any atom is 0.306 e. The standard InChI is InChI=1S/C51H84O6/c1-4-7-10-13-16-19-21-22-23-24-25-26-27-28-29-30-31-33-35-38-41-44-50(53)56-47-48(46-55-49(52)43-40-37-34-18-15-12-9-6-3)57-51(54)45-42-39-36-32-20-17-14-11-8-5-2/h7,10-11,14,16,19,22-23,25-26,28-29,31,33,48H,4-6,8-9,12-13,15,17-18,20-21,24,27,30,32,34-47H2,1-3H3/b10-7-,14-11-,19-16-,23-22-,26-25-,29-28-,33-31-. The molecule has 0 rings (SSSR count). The molecular weight excluding hydrogens is 709 g/mol. The summed E-state index contributed by atoms with van der Waals surface area (Å²) in [6.07, 6.45) is 57.2. The van der Waals surface area contributed by atoms with Crippen LogP contribution in [-0.4, -0.2) is 37.2 Å². The average Bonchev–Trinajstić information content (AvgIpc) is 3.21. The van der Waals surface area contributed by atoms with Gasteiger partial charge in [0.05, 0.1) is 0 Å². The van der Waals surface area contributed by atoms with Crippen molar-refractivity contribution in [2.45, 2.75) is 207 Å². The molecule has 0 spiro atoms. The molecule has 0 radical (unpaired) electrons. The smallest absolute Gasteiger partial charge is 0.306 e. The molecule has 0 amide bonds. The van der Waals surface area contributed by atoms with Gasteiger partial charge >= 0.3 is 17.9 Å². The topological polar surface area (TPSA) is 78.9 Å². The van der Waals surface area contributed by atoms with E-state index in [9.17, 15) is 14.4 Å². The number of esters is 3. The van der Waals surface area contributed by atoms with Crippen molar-refractivity contribution in [2.75, 3.05) is 13.2 Å². The molecule has 0 saturated heterocycles. The predicted molar refractivity (Wildman–Crippen MR) is 242 cm³/mol. The van der Waals surface area contributed by atoms with Crippen LogP contribution in [0.1, 0.15) is 201 Å². The summed E-state index contributed by atoms with van der Waals surface area (Å²) in [5.41, 5.74) is 0. The summed E-state index contributed by atoms with van der Waals surface area (Å²) in [4.78, 5) is 37.6. The molecule has 6 nitrogen and oxygen atoms in total. The van der Waals surface area contributed by atoms with E-state index in [0.717, 1.165) is 116 Å². The SMILES string of the molecule is CC/C=C\C/C=C\C/C=C\C/C=C\C/C=C\C/C=C\CCCCC(=O)OCC(COC(=O)CCCCCCCCCC)OC(=O)CCCCCCC/C=C\CCC. The van der Waals surface area contributed by atoms with Gasteiger partial charge in [-0.2, -0.15) is 0 Å². The Bertz CT molecular complexity index is 1140. The van der Waals surface area contributed by atoms with Crippen LogP contribution in [0.15, 0.2) is 85.1 Å². The van der Waals surface area contributed by atoms with Gasteiger partial charge in [-0.15, -0.1) is 0 Å². The van der Waals surface area contributed by atoms with Gasteiger partial charge < -0.3 is 14.2 Å². The van der Waals surface area contributed by atoms with E-state index in [1.54, 1.807) is 0 Å². The molecule has 0 bridgehead atoms. The monoisotopic (exact) mass is 793 g/mol. The third-order valence-corrected chi connectivity index (χ3v) is 9.36. The first-order valence-corrected chi connectivity index (χ1v) is 23.1. The Morgan fingerprint density at radius 2 is 0.719 bits per heavy atom. The number of carbonyl (C=O) groups excluding carboxylic acids is 3. The lowest BCUT2D eigenvalue weighted by molar-refractivity contribution is -0.167. The third-order valence-electron chi connectivity index (χ3n) is 9.36. The van der Waals surface area contributed by atoms with E-state index in [1.807, 2.05) is 0 Å². The number of hydrogen-bond donors (Lipinski definition) is 0. The largest absolute Gasteiger partial charge is 0.462 e. The number of allylic oxidation sites excluding steroid dienone is 14. The van der Waals surface area contributed by atoms with Crippen molar-refractivity contribution in [2.24, 2.45) is 0 Å². The Morgan fingerprint density at radius 3 is 1.19 bits per heavy atom. The zero-order chi connectivity index (χ0) is 41.5. The first kappa shape index (κ1) is 53.6. The zero-order valence-electron chi connectivity index (χ0n) is 36.8. The van der Waals surface area contributed by atoms with Crippen molar-refractivity contribution in [3.63, 3.8) is 0 Å². The van der Waals surface area contributed by atoms with Gasteiger partial charge in [-0.25, -0.2) is 0 Å².